The molecule has 0 fully saturated rings. The van der Waals surface area contributed by atoms with Crippen molar-refractivity contribution in [1.29, 1.82) is 0 Å². The topological polar surface area (TPSA) is 84.0 Å². The van der Waals surface area contributed by atoms with Crippen molar-refractivity contribution in [3.63, 3.8) is 0 Å². The smallest absolute Gasteiger partial charge is 0.286 e. The van der Waals surface area contributed by atoms with Gasteiger partial charge in [0.15, 0.2) is 4.34 Å². The molecule has 29 heavy (non-hydrogen) atoms. The first-order chi connectivity index (χ1) is 14.0. The molecular weight excluding hydrogens is 428 g/mol. The molecule has 0 atom stereocenters. The van der Waals surface area contributed by atoms with Gasteiger partial charge < -0.3 is 10.6 Å². The van der Waals surface area contributed by atoms with Crippen molar-refractivity contribution >= 4 is 52.2 Å². The first kappa shape index (κ1) is 21.3. The van der Waals surface area contributed by atoms with Crippen LogP contribution in [0.4, 0.5) is 5.69 Å². The standard InChI is InChI=1S/C20H19ClN4O2S2/c1-2-13-3-5-14(6-4-13)11-22-17(26)12-28-20-25-24-19(29-20)18(27)23-16-9-7-15(21)8-10-16/h3-10H,2,11-12H2,1H3,(H,22,26)(H,23,27). The number of hydrogen-bond donors (Lipinski definition) is 2. The molecule has 0 saturated carbocycles. The number of hydrogen-bond acceptors (Lipinski definition) is 6. The van der Waals surface area contributed by atoms with Crippen molar-refractivity contribution < 1.29 is 9.59 Å². The fourth-order valence-electron chi connectivity index (χ4n) is 2.35. The number of rotatable bonds is 8. The lowest BCUT2D eigenvalue weighted by atomic mass is 10.1. The number of anilines is 1. The monoisotopic (exact) mass is 446 g/mol. The Bertz CT molecular complexity index is 975. The highest BCUT2D eigenvalue weighted by Gasteiger charge is 2.14. The van der Waals surface area contributed by atoms with Crippen LogP contribution in [0.3, 0.4) is 0 Å². The fraction of sp³-hybridized carbons (Fsp3) is 0.200. The molecule has 1 aromatic heterocycles. The van der Waals surface area contributed by atoms with Crippen molar-refractivity contribution in [2.24, 2.45) is 0 Å². The van der Waals surface area contributed by atoms with E-state index in [0.29, 0.717) is 21.6 Å². The molecule has 0 unspecified atom stereocenters. The maximum Gasteiger partial charge on any atom is 0.286 e. The molecule has 0 spiro atoms. The second kappa shape index (κ2) is 10.4. The largest absolute Gasteiger partial charge is 0.351 e. The Kier molecular flexibility index (Phi) is 7.62. The Balaban J connectivity index is 1.44. The molecule has 0 saturated heterocycles. The number of aromatic nitrogens is 2. The van der Waals surface area contributed by atoms with Gasteiger partial charge in [-0.15, -0.1) is 10.2 Å². The van der Waals surface area contributed by atoms with Gasteiger partial charge in [-0.05, 0) is 41.8 Å². The third-order valence-corrected chi connectivity index (χ3v) is 6.26. The Morgan fingerprint density at radius 2 is 1.72 bits per heavy atom. The van der Waals surface area contributed by atoms with Crippen molar-refractivity contribution in [3.05, 3.63) is 69.7 Å². The predicted molar refractivity (Wildman–Crippen MR) is 118 cm³/mol. The molecule has 0 bridgehead atoms. The number of nitrogens with zero attached hydrogens (tertiary/aromatic N) is 2. The van der Waals surface area contributed by atoms with E-state index in [1.54, 1.807) is 24.3 Å². The van der Waals surface area contributed by atoms with E-state index in [0.717, 1.165) is 23.3 Å². The van der Waals surface area contributed by atoms with E-state index in [1.165, 1.54) is 17.3 Å². The molecular formula is C20H19ClN4O2S2. The maximum atomic E-state index is 12.2. The first-order valence-electron chi connectivity index (χ1n) is 8.91. The number of amides is 2. The summed E-state index contributed by atoms with van der Waals surface area (Å²) in [6, 6.07) is 15.0. The highest BCUT2D eigenvalue weighted by Crippen LogP contribution is 2.23. The van der Waals surface area contributed by atoms with E-state index in [1.807, 2.05) is 12.1 Å². The number of benzene rings is 2. The summed E-state index contributed by atoms with van der Waals surface area (Å²) in [4.78, 5) is 24.3. The molecule has 3 rings (SSSR count). The second-order valence-corrected chi connectivity index (χ2v) is 8.71. The Morgan fingerprint density at radius 1 is 1.03 bits per heavy atom. The van der Waals surface area contributed by atoms with Crippen LogP contribution in [0.2, 0.25) is 5.02 Å². The molecule has 0 aliphatic heterocycles. The van der Waals surface area contributed by atoms with Crippen LogP contribution in [-0.4, -0.2) is 27.8 Å². The predicted octanol–water partition coefficient (Wildman–Crippen LogP) is 4.41. The zero-order chi connectivity index (χ0) is 20.6. The van der Waals surface area contributed by atoms with Crippen LogP contribution in [0.1, 0.15) is 27.9 Å². The highest BCUT2D eigenvalue weighted by molar-refractivity contribution is 8.01. The molecule has 6 nitrogen and oxygen atoms in total. The Hall–Kier alpha value is -2.42. The summed E-state index contributed by atoms with van der Waals surface area (Å²) in [5, 5.41) is 14.3. The van der Waals surface area contributed by atoms with E-state index >= 15 is 0 Å². The van der Waals surface area contributed by atoms with Crippen LogP contribution in [0.15, 0.2) is 52.9 Å². The zero-order valence-corrected chi connectivity index (χ0v) is 18.0. The van der Waals surface area contributed by atoms with Gasteiger partial charge in [-0.25, -0.2) is 0 Å². The van der Waals surface area contributed by atoms with E-state index in [4.69, 9.17) is 11.6 Å². The molecule has 0 aliphatic carbocycles. The Labute approximate surface area is 182 Å². The summed E-state index contributed by atoms with van der Waals surface area (Å²) in [5.74, 6) is -0.242. The van der Waals surface area contributed by atoms with E-state index < -0.39 is 0 Å². The van der Waals surface area contributed by atoms with Crippen LogP contribution in [0.25, 0.3) is 0 Å². The number of carbonyl (C=O) groups is 2. The van der Waals surface area contributed by atoms with E-state index in [2.05, 4.69) is 39.9 Å². The second-order valence-electron chi connectivity index (χ2n) is 6.07. The van der Waals surface area contributed by atoms with E-state index in [9.17, 15) is 9.59 Å². The van der Waals surface area contributed by atoms with Crippen molar-refractivity contribution in [2.75, 3.05) is 11.1 Å². The van der Waals surface area contributed by atoms with Crippen molar-refractivity contribution in [1.82, 2.24) is 15.5 Å². The number of halogens is 1. The Morgan fingerprint density at radius 3 is 2.41 bits per heavy atom. The maximum absolute atomic E-state index is 12.2. The van der Waals surface area contributed by atoms with Crippen LogP contribution < -0.4 is 10.6 Å². The highest BCUT2D eigenvalue weighted by atomic mass is 35.5. The van der Waals surface area contributed by atoms with Gasteiger partial charge in [0.2, 0.25) is 10.9 Å². The van der Waals surface area contributed by atoms with Gasteiger partial charge in [-0.3, -0.25) is 9.59 Å². The van der Waals surface area contributed by atoms with E-state index in [-0.39, 0.29) is 22.6 Å². The lowest BCUT2D eigenvalue weighted by molar-refractivity contribution is -0.118. The van der Waals surface area contributed by atoms with Gasteiger partial charge in [-0.2, -0.15) is 0 Å². The normalized spacial score (nSPS) is 10.6. The molecule has 2 amide bonds. The molecule has 1 heterocycles. The number of nitrogens with one attached hydrogen (secondary N) is 2. The van der Waals surface area contributed by atoms with Gasteiger partial charge in [0.05, 0.1) is 5.75 Å². The van der Waals surface area contributed by atoms with Crippen molar-refractivity contribution in [2.45, 2.75) is 24.2 Å². The molecule has 3 aromatic rings. The minimum absolute atomic E-state index is 0.100. The molecule has 2 aromatic carbocycles. The van der Waals surface area contributed by atoms with Gasteiger partial charge in [0, 0.05) is 17.3 Å². The summed E-state index contributed by atoms with van der Waals surface area (Å²) in [7, 11) is 0. The summed E-state index contributed by atoms with van der Waals surface area (Å²) >= 11 is 8.23. The van der Waals surface area contributed by atoms with Gasteiger partial charge in [0.1, 0.15) is 0 Å². The van der Waals surface area contributed by atoms with Crippen LogP contribution in [0, 0.1) is 0 Å². The third-order valence-electron chi connectivity index (χ3n) is 3.95. The van der Waals surface area contributed by atoms with Crippen molar-refractivity contribution in [3.8, 4) is 0 Å². The average molecular weight is 447 g/mol. The quantitative estimate of drug-likeness (QED) is 0.500. The SMILES string of the molecule is CCc1ccc(CNC(=O)CSc2nnc(C(=O)Nc3ccc(Cl)cc3)s2)cc1. The van der Waals surface area contributed by atoms with Crippen LogP contribution >= 0.6 is 34.7 Å². The minimum atomic E-state index is -0.350. The summed E-state index contributed by atoms with van der Waals surface area (Å²) < 4.78 is 0.564. The average Bonchev–Trinajstić information content (AvgIpc) is 3.22. The van der Waals surface area contributed by atoms with Gasteiger partial charge in [0.25, 0.3) is 5.91 Å². The molecule has 2 N–H and O–H groups in total. The number of aryl methyl sites for hydroxylation is 1. The number of thioether (sulfide) groups is 1. The van der Waals surface area contributed by atoms with Crippen LogP contribution in [-0.2, 0) is 17.8 Å². The molecule has 9 heteroatoms. The van der Waals surface area contributed by atoms with Gasteiger partial charge in [-0.1, -0.05) is 65.9 Å². The zero-order valence-electron chi connectivity index (χ0n) is 15.6. The fourth-order valence-corrected chi connectivity index (χ4v) is 4.05. The summed E-state index contributed by atoms with van der Waals surface area (Å²) in [6.07, 6.45) is 0.991. The molecule has 0 aliphatic rings. The van der Waals surface area contributed by atoms with Gasteiger partial charge >= 0.3 is 0 Å². The van der Waals surface area contributed by atoms with Crippen LogP contribution in [0.5, 0.6) is 0 Å². The summed E-state index contributed by atoms with van der Waals surface area (Å²) in [6.45, 7) is 2.59. The minimum Gasteiger partial charge on any atom is -0.351 e. The third kappa shape index (κ3) is 6.56. The lowest BCUT2D eigenvalue weighted by Crippen LogP contribution is -2.24. The molecule has 150 valence electrons. The summed E-state index contributed by atoms with van der Waals surface area (Å²) in [5.41, 5.74) is 2.94. The number of carbonyl (C=O) groups excluding carboxylic acids is 2. The lowest BCUT2D eigenvalue weighted by Gasteiger charge is -2.05. The molecule has 0 radical (unpaired) electrons. The first-order valence-corrected chi connectivity index (χ1v) is 11.1.